The molecule has 0 saturated heterocycles. The maximum atomic E-state index is 9.88. The number of aryl methyl sites for hydroxylation is 1. The van der Waals surface area contributed by atoms with Crippen LogP contribution in [0.25, 0.3) is 0 Å². The molecule has 19 heavy (non-hydrogen) atoms. The number of phenolic OH excluding ortho intramolecular Hbond substituents is 1. The Bertz CT molecular complexity index is 391. The Morgan fingerprint density at radius 2 is 2.05 bits per heavy atom. The summed E-state index contributed by atoms with van der Waals surface area (Å²) in [5.74, 6) is 0.774. The van der Waals surface area contributed by atoms with Crippen molar-refractivity contribution in [1.82, 2.24) is 0 Å². The van der Waals surface area contributed by atoms with Crippen molar-refractivity contribution in [2.24, 2.45) is 5.92 Å². The highest BCUT2D eigenvalue weighted by Crippen LogP contribution is 2.27. The number of unbranched alkanes of at least 4 members (excludes halogenated alkanes) is 1. The van der Waals surface area contributed by atoms with Crippen LogP contribution in [0, 0.1) is 12.8 Å². The number of nitrogen functional groups attached to an aromatic ring is 1. The van der Waals surface area contributed by atoms with Crippen molar-refractivity contribution in [2.75, 3.05) is 12.3 Å². The van der Waals surface area contributed by atoms with Gasteiger partial charge in [-0.3, -0.25) is 0 Å². The lowest BCUT2D eigenvalue weighted by atomic mass is 10.0. The number of nitrogens with two attached hydrogens (primary N) is 1. The molecule has 0 fully saturated rings. The zero-order valence-corrected chi connectivity index (χ0v) is 12.4. The van der Waals surface area contributed by atoms with Gasteiger partial charge in [0.1, 0.15) is 5.75 Å². The Balaban J connectivity index is 2.48. The summed E-state index contributed by atoms with van der Waals surface area (Å²) in [6.45, 7) is 7.56. The van der Waals surface area contributed by atoms with Crippen molar-refractivity contribution in [2.45, 2.75) is 53.1 Å². The predicted molar refractivity (Wildman–Crippen MR) is 80.2 cm³/mol. The number of rotatable bonds is 8. The molecule has 0 radical (unpaired) electrons. The van der Waals surface area contributed by atoms with E-state index >= 15 is 0 Å². The highest BCUT2D eigenvalue weighted by molar-refractivity contribution is 5.57. The van der Waals surface area contributed by atoms with E-state index in [1.165, 1.54) is 19.3 Å². The zero-order valence-electron chi connectivity index (χ0n) is 12.4. The number of aromatic hydroxyl groups is 1. The van der Waals surface area contributed by atoms with Crippen LogP contribution in [-0.4, -0.2) is 11.7 Å². The average Bonchev–Trinajstić information content (AvgIpc) is 2.39. The van der Waals surface area contributed by atoms with Crippen LogP contribution in [0.5, 0.6) is 5.75 Å². The summed E-state index contributed by atoms with van der Waals surface area (Å²) < 4.78 is 5.75. The van der Waals surface area contributed by atoms with Crippen LogP contribution in [0.1, 0.15) is 50.7 Å². The minimum Gasteiger partial charge on any atom is -0.505 e. The standard InChI is InChI=1S/C16H27NO2/c1-4-6-7-13(5-2)10-19-11-14-8-12(3)9-15(17)16(14)18/h8-9,13,18H,4-7,10-11,17H2,1-3H3. The van der Waals surface area contributed by atoms with Crippen molar-refractivity contribution in [1.29, 1.82) is 0 Å². The first kappa shape index (κ1) is 15.8. The molecule has 1 unspecified atom stereocenters. The van der Waals surface area contributed by atoms with Gasteiger partial charge in [0.2, 0.25) is 0 Å². The minimum atomic E-state index is 0.159. The van der Waals surface area contributed by atoms with Crippen molar-refractivity contribution in [3.8, 4) is 5.75 Å². The quantitative estimate of drug-likeness (QED) is 0.551. The SMILES string of the molecule is CCCCC(CC)COCc1cc(C)cc(N)c1O. The van der Waals surface area contributed by atoms with Crippen molar-refractivity contribution in [3.63, 3.8) is 0 Å². The van der Waals surface area contributed by atoms with Crippen molar-refractivity contribution in [3.05, 3.63) is 23.3 Å². The largest absolute Gasteiger partial charge is 0.505 e. The molecule has 0 heterocycles. The first-order valence-electron chi connectivity index (χ1n) is 7.24. The van der Waals surface area contributed by atoms with Crippen LogP contribution in [0.3, 0.4) is 0 Å². The van der Waals surface area contributed by atoms with Gasteiger partial charge in [-0.1, -0.05) is 33.1 Å². The summed E-state index contributed by atoms with van der Waals surface area (Å²) in [6.07, 6.45) is 4.84. The number of benzene rings is 1. The molecule has 0 saturated carbocycles. The molecular weight excluding hydrogens is 238 g/mol. The van der Waals surface area contributed by atoms with Gasteiger partial charge in [-0.25, -0.2) is 0 Å². The number of ether oxygens (including phenoxy) is 1. The molecule has 0 amide bonds. The van der Waals surface area contributed by atoms with Crippen LogP contribution >= 0.6 is 0 Å². The van der Waals surface area contributed by atoms with E-state index in [2.05, 4.69) is 13.8 Å². The monoisotopic (exact) mass is 265 g/mol. The minimum absolute atomic E-state index is 0.159. The summed E-state index contributed by atoms with van der Waals surface area (Å²) >= 11 is 0. The van der Waals surface area contributed by atoms with Crippen LogP contribution in [0.2, 0.25) is 0 Å². The molecular formula is C16H27NO2. The molecule has 3 heteroatoms. The van der Waals surface area contributed by atoms with E-state index in [1.54, 1.807) is 6.07 Å². The fourth-order valence-electron chi connectivity index (χ4n) is 2.23. The van der Waals surface area contributed by atoms with Gasteiger partial charge in [0.05, 0.1) is 12.3 Å². The van der Waals surface area contributed by atoms with Gasteiger partial charge >= 0.3 is 0 Å². The van der Waals surface area contributed by atoms with Crippen LogP contribution in [0.15, 0.2) is 12.1 Å². The molecule has 0 bridgehead atoms. The van der Waals surface area contributed by atoms with Crippen LogP contribution in [-0.2, 0) is 11.3 Å². The first-order chi connectivity index (χ1) is 9.08. The van der Waals surface area contributed by atoms with E-state index in [0.717, 1.165) is 24.2 Å². The molecule has 0 spiro atoms. The van der Waals surface area contributed by atoms with Gasteiger partial charge in [0.15, 0.2) is 0 Å². The van der Waals surface area contributed by atoms with E-state index in [-0.39, 0.29) is 5.75 Å². The van der Waals surface area contributed by atoms with E-state index in [4.69, 9.17) is 10.5 Å². The maximum Gasteiger partial charge on any atom is 0.143 e. The van der Waals surface area contributed by atoms with E-state index < -0.39 is 0 Å². The Labute approximate surface area is 116 Å². The second-order valence-electron chi connectivity index (χ2n) is 5.29. The van der Waals surface area contributed by atoms with E-state index in [0.29, 0.717) is 18.2 Å². The Morgan fingerprint density at radius 1 is 1.32 bits per heavy atom. The number of hydrogen-bond acceptors (Lipinski definition) is 3. The third-order valence-electron chi connectivity index (χ3n) is 3.52. The molecule has 0 aliphatic carbocycles. The lowest BCUT2D eigenvalue weighted by Crippen LogP contribution is -2.09. The van der Waals surface area contributed by atoms with Gasteiger partial charge in [-0.15, -0.1) is 0 Å². The molecule has 1 aromatic rings. The highest BCUT2D eigenvalue weighted by atomic mass is 16.5. The normalized spacial score (nSPS) is 12.6. The third kappa shape index (κ3) is 5.11. The van der Waals surface area contributed by atoms with Crippen LogP contribution in [0.4, 0.5) is 5.69 Å². The van der Waals surface area contributed by atoms with Gasteiger partial charge < -0.3 is 15.6 Å². The fraction of sp³-hybridized carbons (Fsp3) is 0.625. The van der Waals surface area contributed by atoms with Gasteiger partial charge in [0.25, 0.3) is 0 Å². The molecule has 0 aliphatic heterocycles. The lowest BCUT2D eigenvalue weighted by molar-refractivity contribution is 0.0807. The molecule has 1 atom stereocenters. The summed E-state index contributed by atoms with van der Waals surface area (Å²) in [7, 11) is 0. The Morgan fingerprint density at radius 3 is 2.68 bits per heavy atom. The van der Waals surface area contributed by atoms with E-state index in [1.807, 2.05) is 13.0 Å². The molecule has 3 nitrogen and oxygen atoms in total. The van der Waals surface area contributed by atoms with Crippen molar-refractivity contribution < 1.29 is 9.84 Å². The summed E-state index contributed by atoms with van der Waals surface area (Å²) in [6, 6.07) is 3.70. The van der Waals surface area contributed by atoms with E-state index in [9.17, 15) is 5.11 Å². The Kier molecular flexibility index (Phi) is 6.71. The topological polar surface area (TPSA) is 55.5 Å². The average molecular weight is 265 g/mol. The maximum absolute atomic E-state index is 9.88. The molecule has 108 valence electrons. The predicted octanol–water partition coefficient (Wildman–Crippen LogP) is 4.02. The number of phenols is 1. The third-order valence-corrected chi connectivity index (χ3v) is 3.52. The zero-order chi connectivity index (χ0) is 14.3. The lowest BCUT2D eigenvalue weighted by Gasteiger charge is -2.15. The highest BCUT2D eigenvalue weighted by Gasteiger charge is 2.09. The second-order valence-corrected chi connectivity index (χ2v) is 5.29. The van der Waals surface area contributed by atoms with Gasteiger partial charge in [-0.05, 0) is 37.0 Å². The van der Waals surface area contributed by atoms with Gasteiger partial charge in [-0.2, -0.15) is 0 Å². The molecule has 3 N–H and O–H groups in total. The van der Waals surface area contributed by atoms with Crippen molar-refractivity contribution >= 4 is 5.69 Å². The van der Waals surface area contributed by atoms with Crippen LogP contribution < -0.4 is 5.73 Å². The fourth-order valence-corrected chi connectivity index (χ4v) is 2.23. The summed E-state index contributed by atoms with van der Waals surface area (Å²) in [4.78, 5) is 0. The molecule has 0 aromatic heterocycles. The molecule has 1 rings (SSSR count). The molecule has 0 aliphatic rings. The number of anilines is 1. The Hall–Kier alpha value is -1.22. The smallest absolute Gasteiger partial charge is 0.143 e. The second kappa shape index (κ2) is 8.05. The summed E-state index contributed by atoms with van der Waals surface area (Å²) in [5, 5.41) is 9.88. The molecule has 1 aromatic carbocycles. The first-order valence-corrected chi connectivity index (χ1v) is 7.24. The summed E-state index contributed by atoms with van der Waals surface area (Å²) in [5.41, 5.74) is 8.00. The van der Waals surface area contributed by atoms with Gasteiger partial charge in [0, 0.05) is 12.2 Å². The number of hydrogen-bond donors (Lipinski definition) is 2.